The van der Waals surface area contributed by atoms with Gasteiger partial charge in [0, 0.05) is 17.5 Å². The molecule has 0 fully saturated rings. The molecule has 0 aromatic heterocycles. The van der Waals surface area contributed by atoms with E-state index in [9.17, 15) is 0 Å². The highest BCUT2D eigenvalue weighted by molar-refractivity contribution is 9.10. The molecule has 1 aromatic carbocycles. The van der Waals surface area contributed by atoms with Crippen LogP contribution in [0.25, 0.3) is 0 Å². The van der Waals surface area contributed by atoms with Crippen LogP contribution < -0.4 is 4.74 Å². The number of hydrogen-bond acceptors (Lipinski definition) is 2. The van der Waals surface area contributed by atoms with Crippen molar-refractivity contribution >= 4 is 35.8 Å². The van der Waals surface area contributed by atoms with Gasteiger partial charge in [-0.2, -0.15) is 0 Å². The minimum absolute atomic E-state index is 0.0709. The summed E-state index contributed by atoms with van der Waals surface area (Å²) in [6, 6.07) is 5.71. The summed E-state index contributed by atoms with van der Waals surface area (Å²) in [6.07, 6.45) is 0.927. The largest absolute Gasteiger partial charge is 0.489 e. The maximum atomic E-state index is 6.21. The normalized spacial score (nSPS) is 14.1. The summed E-state index contributed by atoms with van der Waals surface area (Å²) in [7, 11) is -1.67. The van der Waals surface area contributed by atoms with Crippen LogP contribution in [0.2, 0.25) is 23.2 Å². The molecule has 120 valence electrons. The highest BCUT2D eigenvalue weighted by Crippen LogP contribution is 2.37. The van der Waals surface area contributed by atoms with Gasteiger partial charge in [0.05, 0.1) is 11.1 Å². The molecule has 0 saturated carbocycles. The number of benzene rings is 1. The first-order valence-electron chi connectivity index (χ1n) is 7.29. The van der Waals surface area contributed by atoms with E-state index in [-0.39, 0.29) is 11.1 Å². The standard InChI is InChI=1S/C16H26BrClO2Si/c1-12(10-11-19-21(5,6)16(2,3)4)20-14-9-7-8-13(17)15(14)18/h7-9,12H,10-11H2,1-6H3/t12-/m0/s1. The van der Waals surface area contributed by atoms with Crippen molar-refractivity contribution in [1.82, 2.24) is 0 Å². The molecule has 0 saturated heterocycles. The Kier molecular flexibility index (Phi) is 6.78. The lowest BCUT2D eigenvalue weighted by Crippen LogP contribution is -2.41. The van der Waals surface area contributed by atoms with Crippen LogP contribution in [0.15, 0.2) is 22.7 Å². The van der Waals surface area contributed by atoms with Crippen LogP contribution in [0.4, 0.5) is 0 Å². The van der Waals surface area contributed by atoms with Crippen molar-refractivity contribution in [2.24, 2.45) is 0 Å². The van der Waals surface area contributed by atoms with E-state index in [1.54, 1.807) is 0 Å². The molecule has 2 nitrogen and oxygen atoms in total. The van der Waals surface area contributed by atoms with Crippen molar-refractivity contribution in [3.8, 4) is 5.75 Å². The van der Waals surface area contributed by atoms with Crippen LogP contribution in [0.1, 0.15) is 34.1 Å². The Labute approximate surface area is 143 Å². The topological polar surface area (TPSA) is 18.5 Å². The highest BCUT2D eigenvalue weighted by atomic mass is 79.9. The summed E-state index contributed by atoms with van der Waals surface area (Å²) >= 11 is 9.61. The zero-order valence-electron chi connectivity index (χ0n) is 13.8. The molecule has 0 unspecified atom stereocenters. The SMILES string of the molecule is C[C@@H](CCO[Si](C)(C)C(C)(C)C)Oc1cccc(Br)c1Cl. The first kappa shape index (κ1) is 19.0. The molecule has 0 aliphatic rings. The van der Waals surface area contributed by atoms with Crippen LogP contribution >= 0.6 is 27.5 Å². The van der Waals surface area contributed by atoms with Crippen LogP contribution in [0.5, 0.6) is 5.75 Å². The number of halogens is 2. The van der Waals surface area contributed by atoms with Crippen LogP contribution in [-0.2, 0) is 4.43 Å². The summed E-state index contributed by atoms with van der Waals surface area (Å²) in [5, 5.41) is 0.861. The third kappa shape index (κ3) is 5.59. The van der Waals surface area contributed by atoms with E-state index in [4.69, 9.17) is 20.8 Å². The van der Waals surface area contributed by atoms with Gasteiger partial charge in [-0.1, -0.05) is 38.4 Å². The van der Waals surface area contributed by atoms with Crippen molar-refractivity contribution in [2.75, 3.05) is 6.61 Å². The van der Waals surface area contributed by atoms with Gasteiger partial charge < -0.3 is 9.16 Å². The molecule has 0 spiro atoms. The van der Waals surface area contributed by atoms with Crippen LogP contribution in [-0.4, -0.2) is 21.0 Å². The third-order valence-corrected chi connectivity index (χ3v) is 9.85. The molecule has 0 aliphatic heterocycles. The van der Waals surface area contributed by atoms with E-state index in [0.717, 1.165) is 17.5 Å². The summed E-state index contributed by atoms with van der Waals surface area (Å²) in [4.78, 5) is 0. The molecular formula is C16H26BrClO2Si. The van der Waals surface area contributed by atoms with Gasteiger partial charge in [0.25, 0.3) is 0 Å². The van der Waals surface area contributed by atoms with E-state index in [0.29, 0.717) is 10.8 Å². The third-order valence-electron chi connectivity index (χ3n) is 4.04. The van der Waals surface area contributed by atoms with Gasteiger partial charge in [0.2, 0.25) is 0 Å². The fraction of sp³-hybridized carbons (Fsp3) is 0.625. The monoisotopic (exact) mass is 392 g/mol. The van der Waals surface area contributed by atoms with Crippen LogP contribution in [0.3, 0.4) is 0 Å². The first-order chi connectivity index (χ1) is 9.54. The highest BCUT2D eigenvalue weighted by Gasteiger charge is 2.36. The molecule has 0 radical (unpaired) electrons. The van der Waals surface area contributed by atoms with Gasteiger partial charge in [0.1, 0.15) is 5.75 Å². The van der Waals surface area contributed by atoms with E-state index >= 15 is 0 Å². The van der Waals surface area contributed by atoms with Gasteiger partial charge in [-0.15, -0.1) is 0 Å². The van der Waals surface area contributed by atoms with Gasteiger partial charge in [0.15, 0.2) is 8.32 Å². The average Bonchev–Trinajstić information content (AvgIpc) is 2.33. The second-order valence-electron chi connectivity index (χ2n) is 6.88. The molecule has 0 amide bonds. The summed E-state index contributed by atoms with van der Waals surface area (Å²) < 4.78 is 12.9. The smallest absolute Gasteiger partial charge is 0.191 e. The van der Waals surface area contributed by atoms with Crippen molar-refractivity contribution in [3.63, 3.8) is 0 Å². The fourth-order valence-electron chi connectivity index (χ4n) is 1.55. The van der Waals surface area contributed by atoms with Gasteiger partial charge in [-0.05, 0) is 53.1 Å². The Balaban J connectivity index is 2.49. The minimum Gasteiger partial charge on any atom is -0.489 e. The summed E-state index contributed by atoms with van der Waals surface area (Å²) in [6.45, 7) is 14.1. The molecule has 0 bridgehead atoms. The predicted octanol–water partition coefficient (Wildman–Crippen LogP) is 6.28. The molecule has 0 heterocycles. The quantitative estimate of drug-likeness (QED) is 0.529. The number of ether oxygens (including phenoxy) is 1. The lowest BCUT2D eigenvalue weighted by molar-refractivity contribution is 0.171. The number of rotatable bonds is 6. The van der Waals surface area contributed by atoms with E-state index in [2.05, 4.69) is 49.8 Å². The Hall–Kier alpha value is -0.0331. The Bertz CT molecular complexity index is 472. The molecule has 5 heteroatoms. The predicted molar refractivity (Wildman–Crippen MR) is 97.0 cm³/mol. The van der Waals surface area contributed by atoms with E-state index < -0.39 is 8.32 Å². The van der Waals surface area contributed by atoms with Gasteiger partial charge >= 0.3 is 0 Å². The Morgan fingerprint density at radius 3 is 2.48 bits per heavy atom. The second kappa shape index (κ2) is 7.49. The van der Waals surface area contributed by atoms with Crippen molar-refractivity contribution in [1.29, 1.82) is 0 Å². The summed E-state index contributed by atoms with van der Waals surface area (Å²) in [5.41, 5.74) is 0. The van der Waals surface area contributed by atoms with Crippen molar-refractivity contribution in [3.05, 3.63) is 27.7 Å². The molecule has 0 aliphatic carbocycles. The number of hydrogen-bond donors (Lipinski definition) is 0. The van der Waals surface area contributed by atoms with Crippen molar-refractivity contribution < 1.29 is 9.16 Å². The maximum absolute atomic E-state index is 6.21. The summed E-state index contributed by atoms with van der Waals surface area (Å²) in [5.74, 6) is 0.714. The molecule has 1 atom stereocenters. The fourth-order valence-corrected chi connectivity index (χ4v) is 3.13. The van der Waals surface area contributed by atoms with Crippen LogP contribution in [0, 0.1) is 0 Å². The van der Waals surface area contributed by atoms with Crippen molar-refractivity contribution in [2.45, 2.75) is 58.4 Å². The molecule has 21 heavy (non-hydrogen) atoms. The van der Waals surface area contributed by atoms with Gasteiger partial charge in [-0.3, -0.25) is 0 Å². The molecule has 1 rings (SSSR count). The zero-order chi connectivity index (χ0) is 16.3. The first-order valence-corrected chi connectivity index (χ1v) is 11.4. The lowest BCUT2D eigenvalue weighted by atomic mass is 10.2. The molecule has 1 aromatic rings. The second-order valence-corrected chi connectivity index (χ2v) is 12.9. The Morgan fingerprint density at radius 1 is 1.29 bits per heavy atom. The maximum Gasteiger partial charge on any atom is 0.191 e. The molecule has 0 N–H and O–H groups in total. The molecular weight excluding hydrogens is 368 g/mol. The van der Waals surface area contributed by atoms with Gasteiger partial charge in [-0.25, -0.2) is 0 Å². The Morgan fingerprint density at radius 2 is 1.90 bits per heavy atom. The lowest BCUT2D eigenvalue weighted by Gasteiger charge is -2.36. The van der Waals surface area contributed by atoms with E-state index in [1.807, 2.05) is 25.1 Å². The zero-order valence-corrected chi connectivity index (χ0v) is 17.1. The van der Waals surface area contributed by atoms with E-state index in [1.165, 1.54) is 0 Å². The average molecular weight is 394 g/mol. The minimum atomic E-state index is -1.67.